The molecule has 3 aromatic rings. The van der Waals surface area contributed by atoms with Crippen molar-refractivity contribution in [1.29, 1.82) is 0 Å². The van der Waals surface area contributed by atoms with Gasteiger partial charge >= 0.3 is 11.8 Å². The molecule has 2 aliphatic heterocycles. The van der Waals surface area contributed by atoms with Crippen molar-refractivity contribution >= 4 is 29.1 Å². The molecule has 0 saturated carbocycles. The first-order chi connectivity index (χ1) is 15.9. The molecule has 0 unspecified atom stereocenters. The van der Waals surface area contributed by atoms with Gasteiger partial charge in [0.2, 0.25) is 5.91 Å². The molecule has 33 heavy (non-hydrogen) atoms. The third kappa shape index (κ3) is 3.90. The van der Waals surface area contributed by atoms with Crippen LogP contribution >= 0.6 is 0 Å². The van der Waals surface area contributed by atoms with E-state index in [1.165, 1.54) is 0 Å². The summed E-state index contributed by atoms with van der Waals surface area (Å²) in [5.74, 6) is 0.390. The highest BCUT2D eigenvalue weighted by Gasteiger charge is 2.30. The van der Waals surface area contributed by atoms with Gasteiger partial charge in [-0.1, -0.05) is 5.16 Å². The number of hydrogen-bond donors (Lipinski definition) is 2. The van der Waals surface area contributed by atoms with Gasteiger partial charge in [0, 0.05) is 18.7 Å². The van der Waals surface area contributed by atoms with E-state index in [0.29, 0.717) is 41.5 Å². The van der Waals surface area contributed by atoms with Crippen molar-refractivity contribution in [3.05, 3.63) is 52.6 Å². The fourth-order valence-electron chi connectivity index (χ4n) is 4.60. The number of aryl methyl sites for hydroxylation is 4. The first-order valence-corrected chi connectivity index (χ1v) is 11.0. The Morgan fingerprint density at radius 2 is 1.88 bits per heavy atom. The Bertz CT molecular complexity index is 1240. The first-order valence-electron chi connectivity index (χ1n) is 11.0. The molecular weight excluding hydrogens is 424 g/mol. The molecule has 5 rings (SSSR count). The lowest BCUT2D eigenvalue weighted by atomic mass is 9.91. The number of anilines is 2. The highest BCUT2D eigenvalue weighted by Crippen LogP contribution is 2.37. The number of carbonyl (C=O) groups excluding carboxylic acids is 3. The van der Waals surface area contributed by atoms with E-state index in [2.05, 4.69) is 15.8 Å². The molecule has 170 valence electrons. The molecule has 9 heteroatoms. The predicted molar refractivity (Wildman–Crippen MR) is 120 cm³/mol. The van der Waals surface area contributed by atoms with E-state index >= 15 is 0 Å². The minimum Gasteiger partial charge on any atom is -0.459 e. The van der Waals surface area contributed by atoms with Gasteiger partial charge in [0.15, 0.2) is 0 Å². The van der Waals surface area contributed by atoms with Crippen molar-refractivity contribution in [1.82, 2.24) is 10.5 Å². The number of carbonyl (C=O) groups is 3. The average molecular weight is 448 g/mol. The zero-order valence-corrected chi connectivity index (χ0v) is 18.5. The lowest BCUT2D eigenvalue weighted by Gasteiger charge is -2.35. The minimum absolute atomic E-state index is 0.0716. The lowest BCUT2D eigenvalue weighted by molar-refractivity contribution is -0.136. The monoisotopic (exact) mass is 448 g/mol. The maximum Gasteiger partial charge on any atom is 0.313 e. The van der Waals surface area contributed by atoms with Gasteiger partial charge < -0.3 is 24.5 Å². The van der Waals surface area contributed by atoms with Crippen LogP contribution in [0.4, 0.5) is 11.4 Å². The number of benzene rings is 1. The molecule has 0 radical (unpaired) electrons. The van der Waals surface area contributed by atoms with Gasteiger partial charge in [-0.15, -0.1) is 0 Å². The van der Waals surface area contributed by atoms with Crippen LogP contribution in [-0.2, 0) is 33.8 Å². The van der Waals surface area contributed by atoms with E-state index in [4.69, 9.17) is 8.94 Å². The molecule has 0 saturated heterocycles. The number of furan rings is 1. The smallest absolute Gasteiger partial charge is 0.313 e. The Hall–Kier alpha value is -3.88. The molecule has 0 spiro atoms. The molecule has 2 aliphatic rings. The Morgan fingerprint density at radius 1 is 1.09 bits per heavy atom. The summed E-state index contributed by atoms with van der Waals surface area (Å²) in [6, 6.07) is 7.23. The number of rotatable bonds is 4. The van der Waals surface area contributed by atoms with Gasteiger partial charge in [0.25, 0.3) is 0 Å². The Kier molecular flexibility index (Phi) is 5.24. The van der Waals surface area contributed by atoms with E-state index in [0.717, 1.165) is 41.8 Å². The second kappa shape index (κ2) is 8.23. The molecular formula is C24H24N4O5. The second-order valence-electron chi connectivity index (χ2n) is 8.39. The summed E-state index contributed by atoms with van der Waals surface area (Å²) < 4.78 is 10.9. The van der Waals surface area contributed by atoms with Gasteiger partial charge in [-0.2, -0.15) is 0 Å². The molecule has 1 aromatic carbocycles. The highest BCUT2D eigenvalue weighted by molar-refractivity contribution is 6.39. The molecule has 0 bridgehead atoms. The summed E-state index contributed by atoms with van der Waals surface area (Å²) in [7, 11) is 0. The van der Waals surface area contributed by atoms with Crippen LogP contribution in [0.2, 0.25) is 0 Å². The summed E-state index contributed by atoms with van der Waals surface area (Å²) in [4.78, 5) is 38.9. The molecule has 9 nitrogen and oxygen atoms in total. The van der Waals surface area contributed by atoms with Crippen molar-refractivity contribution < 1.29 is 23.3 Å². The fourth-order valence-corrected chi connectivity index (χ4v) is 4.60. The summed E-state index contributed by atoms with van der Waals surface area (Å²) in [6.45, 7) is 4.43. The van der Waals surface area contributed by atoms with Crippen molar-refractivity contribution in [2.24, 2.45) is 0 Å². The number of amides is 3. The van der Waals surface area contributed by atoms with Crippen molar-refractivity contribution in [3.8, 4) is 11.3 Å². The van der Waals surface area contributed by atoms with Gasteiger partial charge in [-0.05, 0) is 68.5 Å². The summed E-state index contributed by atoms with van der Waals surface area (Å²) >= 11 is 0. The molecule has 0 fully saturated rings. The average Bonchev–Trinajstić information content (AvgIpc) is 3.40. The quantitative estimate of drug-likeness (QED) is 0.593. The fraction of sp³-hybridized carbons (Fsp3) is 0.333. The van der Waals surface area contributed by atoms with Gasteiger partial charge in [-0.25, -0.2) is 0 Å². The van der Waals surface area contributed by atoms with E-state index in [1.807, 2.05) is 24.0 Å². The highest BCUT2D eigenvalue weighted by atomic mass is 16.5. The molecule has 4 heterocycles. The Labute approximate surface area is 190 Å². The van der Waals surface area contributed by atoms with Gasteiger partial charge in [-0.3, -0.25) is 14.4 Å². The first kappa shape index (κ1) is 21.0. The lowest BCUT2D eigenvalue weighted by Crippen LogP contribution is -2.39. The van der Waals surface area contributed by atoms with E-state index in [1.54, 1.807) is 19.1 Å². The second-order valence-corrected chi connectivity index (χ2v) is 8.39. The topological polar surface area (TPSA) is 118 Å². The zero-order chi connectivity index (χ0) is 23.1. The van der Waals surface area contributed by atoms with Crippen molar-refractivity contribution in [2.75, 3.05) is 16.8 Å². The van der Waals surface area contributed by atoms with Crippen LogP contribution in [0.3, 0.4) is 0 Å². The van der Waals surface area contributed by atoms with Crippen LogP contribution in [0.1, 0.15) is 41.2 Å². The predicted octanol–water partition coefficient (Wildman–Crippen LogP) is 3.03. The number of nitrogens with zero attached hydrogens (tertiary/aromatic N) is 2. The zero-order valence-electron chi connectivity index (χ0n) is 18.5. The summed E-state index contributed by atoms with van der Waals surface area (Å²) in [5.41, 5.74) is 5.11. The molecule has 3 amide bonds. The van der Waals surface area contributed by atoms with Gasteiger partial charge in [0.1, 0.15) is 17.3 Å². The third-order valence-electron chi connectivity index (χ3n) is 6.10. The van der Waals surface area contributed by atoms with Crippen LogP contribution in [0.25, 0.3) is 11.3 Å². The van der Waals surface area contributed by atoms with Crippen LogP contribution in [0.5, 0.6) is 0 Å². The van der Waals surface area contributed by atoms with Crippen molar-refractivity contribution in [2.45, 2.75) is 46.1 Å². The molecule has 0 aliphatic carbocycles. The normalized spacial score (nSPS) is 14.7. The van der Waals surface area contributed by atoms with E-state index in [9.17, 15) is 14.4 Å². The Morgan fingerprint density at radius 3 is 2.64 bits per heavy atom. The standard InChI is InChI=1S/C24H24N4O5/c1-13-21(14(2)33-27-13)19-7-6-18(32-19)12-25-23(30)24(31)26-17-10-15-4-3-9-28-20(29)8-5-16(11-17)22(15)28/h6-7,10-11H,3-5,8-9,12H2,1-2H3,(H,25,30)(H,26,31). The Balaban J connectivity index is 1.23. The molecule has 2 aromatic heterocycles. The number of hydrogen-bond acceptors (Lipinski definition) is 6. The van der Waals surface area contributed by atoms with Crippen LogP contribution in [0, 0.1) is 13.8 Å². The minimum atomic E-state index is -0.756. The van der Waals surface area contributed by atoms with E-state index in [-0.39, 0.29) is 12.5 Å². The number of nitrogens with one attached hydrogen (secondary N) is 2. The number of aromatic nitrogens is 1. The molecule has 0 atom stereocenters. The largest absolute Gasteiger partial charge is 0.459 e. The van der Waals surface area contributed by atoms with Crippen LogP contribution in [0.15, 0.2) is 33.2 Å². The maximum atomic E-state index is 12.5. The molecule has 2 N–H and O–H groups in total. The van der Waals surface area contributed by atoms with E-state index < -0.39 is 11.8 Å². The SMILES string of the molecule is Cc1noc(C)c1-c1ccc(CNC(=O)C(=O)Nc2cc3c4c(c2)CCC(=O)N4CCC3)o1. The summed E-state index contributed by atoms with van der Waals surface area (Å²) in [6.07, 6.45) is 2.83. The summed E-state index contributed by atoms with van der Waals surface area (Å²) in [5, 5.41) is 9.19. The van der Waals surface area contributed by atoms with Crippen LogP contribution in [-0.4, -0.2) is 29.4 Å². The maximum absolute atomic E-state index is 12.5. The van der Waals surface area contributed by atoms with Crippen LogP contribution < -0.4 is 15.5 Å². The van der Waals surface area contributed by atoms with Gasteiger partial charge in [0.05, 0.1) is 23.5 Å². The third-order valence-corrected chi connectivity index (χ3v) is 6.10. The van der Waals surface area contributed by atoms with Crippen molar-refractivity contribution in [3.63, 3.8) is 0 Å².